The average Bonchev–Trinajstić information content (AvgIpc) is 1.94. The molecule has 0 saturated carbocycles. The van der Waals surface area contributed by atoms with Crippen molar-refractivity contribution in [3.8, 4) is 0 Å². The standard InChI is InChI=1S/C9H19NO2/c1-7(2)10-5-4-8(11)9(3,12)6-10/h7-8,11-12H,4-6H2,1-3H3. The van der Waals surface area contributed by atoms with Gasteiger partial charge in [0.05, 0.1) is 6.10 Å². The predicted octanol–water partition coefficient (Wildman–Crippen LogP) is 0.212. The van der Waals surface area contributed by atoms with Crippen LogP contribution in [0, 0.1) is 0 Å². The molecular formula is C9H19NO2. The van der Waals surface area contributed by atoms with Crippen LogP contribution in [0.3, 0.4) is 0 Å². The normalized spacial score (nSPS) is 39.0. The summed E-state index contributed by atoms with van der Waals surface area (Å²) in [5.41, 5.74) is -0.928. The van der Waals surface area contributed by atoms with E-state index in [2.05, 4.69) is 18.7 Å². The molecule has 0 aromatic rings. The largest absolute Gasteiger partial charge is 0.390 e. The highest BCUT2D eigenvalue weighted by Crippen LogP contribution is 2.22. The maximum atomic E-state index is 9.77. The van der Waals surface area contributed by atoms with Crippen molar-refractivity contribution >= 4 is 0 Å². The lowest BCUT2D eigenvalue weighted by molar-refractivity contribution is -0.114. The Hall–Kier alpha value is -0.120. The summed E-state index contributed by atoms with van der Waals surface area (Å²) in [6.07, 6.45) is 0.109. The molecule has 0 radical (unpaired) electrons. The molecule has 3 nitrogen and oxygen atoms in total. The van der Waals surface area contributed by atoms with Gasteiger partial charge in [-0.2, -0.15) is 0 Å². The topological polar surface area (TPSA) is 43.7 Å². The number of hydrogen-bond donors (Lipinski definition) is 2. The minimum Gasteiger partial charge on any atom is -0.390 e. The van der Waals surface area contributed by atoms with Gasteiger partial charge in [0.25, 0.3) is 0 Å². The summed E-state index contributed by atoms with van der Waals surface area (Å²) in [6.45, 7) is 7.37. The minimum absolute atomic E-state index is 0.448. The number of β-amino-alcohol motifs (C(OH)–C–C–N with tert-alkyl or cyclic N) is 1. The Labute approximate surface area is 74.0 Å². The summed E-state index contributed by atoms with van der Waals surface area (Å²) in [4.78, 5) is 2.19. The second-order valence-corrected chi connectivity index (χ2v) is 4.23. The molecule has 2 N–H and O–H groups in total. The lowest BCUT2D eigenvalue weighted by atomic mass is 9.91. The van der Waals surface area contributed by atoms with Crippen molar-refractivity contribution in [3.05, 3.63) is 0 Å². The van der Waals surface area contributed by atoms with Gasteiger partial charge < -0.3 is 10.2 Å². The van der Waals surface area contributed by atoms with E-state index in [1.54, 1.807) is 6.92 Å². The molecule has 0 bridgehead atoms. The molecule has 0 aliphatic carbocycles. The highest BCUT2D eigenvalue weighted by Gasteiger charge is 2.37. The second-order valence-electron chi connectivity index (χ2n) is 4.23. The maximum Gasteiger partial charge on any atom is 0.100 e. The van der Waals surface area contributed by atoms with Crippen molar-refractivity contribution < 1.29 is 10.2 Å². The van der Waals surface area contributed by atoms with E-state index < -0.39 is 11.7 Å². The number of rotatable bonds is 1. The molecule has 1 aliphatic rings. The van der Waals surface area contributed by atoms with Gasteiger partial charge in [0.2, 0.25) is 0 Å². The molecule has 1 heterocycles. The lowest BCUT2D eigenvalue weighted by Gasteiger charge is -2.42. The number of aliphatic hydroxyl groups is 2. The quantitative estimate of drug-likeness (QED) is 0.596. The summed E-state index contributed by atoms with van der Waals surface area (Å²) in [5, 5.41) is 19.2. The van der Waals surface area contributed by atoms with E-state index in [0.717, 1.165) is 6.54 Å². The van der Waals surface area contributed by atoms with Gasteiger partial charge in [-0.05, 0) is 27.2 Å². The third-order valence-electron chi connectivity index (χ3n) is 2.66. The first-order valence-corrected chi connectivity index (χ1v) is 4.58. The van der Waals surface area contributed by atoms with E-state index in [1.807, 2.05) is 0 Å². The zero-order valence-electron chi connectivity index (χ0n) is 8.12. The van der Waals surface area contributed by atoms with Gasteiger partial charge in [-0.1, -0.05) is 0 Å². The summed E-state index contributed by atoms with van der Waals surface area (Å²) in [7, 11) is 0. The first kappa shape index (κ1) is 9.96. The SMILES string of the molecule is CC(C)N1CCC(O)C(C)(O)C1. The molecule has 2 unspecified atom stereocenters. The van der Waals surface area contributed by atoms with E-state index >= 15 is 0 Å². The average molecular weight is 173 g/mol. The van der Waals surface area contributed by atoms with Gasteiger partial charge in [0.15, 0.2) is 0 Å². The van der Waals surface area contributed by atoms with Crippen LogP contribution in [-0.2, 0) is 0 Å². The van der Waals surface area contributed by atoms with Crippen LogP contribution in [0.25, 0.3) is 0 Å². The molecule has 0 aromatic heterocycles. The van der Waals surface area contributed by atoms with Crippen LogP contribution in [0.2, 0.25) is 0 Å². The van der Waals surface area contributed by atoms with Crippen molar-refractivity contribution in [2.45, 2.75) is 44.9 Å². The van der Waals surface area contributed by atoms with E-state index in [-0.39, 0.29) is 0 Å². The summed E-state index contributed by atoms with van der Waals surface area (Å²) in [5.74, 6) is 0. The van der Waals surface area contributed by atoms with E-state index in [4.69, 9.17) is 0 Å². The van der Waals surface area contributed by atoms with Crippen LogP contribution in [0.15, 0.2) is 0 Å². The zero-order valence-corrected chi connectivity index (χ0v) is 8.12. The molecular weight excluding hydrogens is 154 g/mol. The van der Waals surface area contributed by atoms with Crippen molar-refractivity contribution in [1.29, 1.82) is 0 Å². The van der Waals surface area contributed by atoms with Crippen LogP contribution in [0.4, 0.5) is 0 Å². The summed E-state index contributed by atoms with van der Waals surface area (Å²) >= 11 is 0. The van der Waals surface area contributed by atoms with E-state index in [1.165, 1.54) is 0 Å². The second kappa shape index (κ2) is 3.32. The molecule has 12 heavy (non-hydrogen) atoms. The fourth-order valence-corrected chi connectivity index (χ4v) is 1.64. The molecule has 1 fully saturated rings. The molecule has 0 aromatic carbocycles. The number of aliphatic hydroxyl groups excluding tert-OH is 1. The van der Waals surface area contributed by atoms with Crippen LogP contribution in [0.5, 0.6) is 0 Å². The Morgan fingerprint density at radius 1 is 1.50 bits per heavy atom. The summed E-state index contributed by atoms with van der Waals surface area (Å²) in [6, 6.07) is 0.448. The molecule has 0 amide bonds. The van der Waals surface area contributed by atoms with E-state index in [9.17, 15) is 10.2 Å². The van der Waals surface area contributed by atoms with Crippen molar-refractivity contribution in [3.63, 3.8) is 0 Å². The minimum atomic E-state index is -0.928. The van der Waals surface area contributed by atoms with Crippen LogP contribution < -0.4 is 0 Å². The van der Waals surface area contributed by atoms with Gasteiger partial charge in [-0.15, -0.1) is 0 Å². The molecule has 2 atom stereocenters. The van der Waals surface area contributed by atoms with Gasteiger partial charge >= 0.3 is 0 Å². The monoisotopic (exact) mass is 173 g/mol. The maximum absolute atomic E-state index is 9.77. The number of hydrogen-bond acceptors (Lipinski definition) is 3. The fourth-order valence-electron chi connectivity index (χ4n) is 1.64. The first-order chi connectivity index (χ1) is 5.43. The van der Waals surface area contributed by atoms with Gasteiger partial charge in [0.1, 0.15) is 5.60 Å². The van der Waals surface area contributed by atoms with Crippen molar-refractivity contribution in [1.82, 2.24) is 4.90 Å². The van der Waals surface area contributed by atoms with Crippen molar-refractivity contribution in [2.24, 2.45) is 0 Å². The highest BCUT2D eigenvalue weighted by molar-refractivity contribution is 4.91. The van der Waals surface area contributed by atoms with E-state index in [0.29, 0.717) is 19.0 Å². The Kier molecular flexibility index (Phi) is 2.76. The van der Waals surface area contributed by atoms with Crippen LogP contribution >= 0.6 is 0 Å². The van der Waals surface area contributed by atoms with Gasteiger partial charge in [-0.25, -0.2) is 0 Å². The molecule has 72 valence electrons. The molecule has 1 rings (SSSR count). The first-order valence-electron chi connectivity index (χ1n) is 4.58. The van der Waals surface area contributed by atoms with Crippen LogP contribution in [0.1, 0.15) is 27.2 Å². The number of likely N-dealkylation sites (tertiary alicyclic amines) is 1. The third-order valence-corrected chi connectivity index (χ3v) is 2.66. The molecule has 1 saturated heterocycles. The van der Waals surface area contributed by atoms with Gasteiger partial charge in [-0.3, -0.25) is 4.90 Å². The third kappa shape index (κ3) is 1.97. The van der Waals surface area contributed by atoms with Gasteiger partial charge in [0, 0.05) is 19.1 Å². The Bertz CT molecular complexity index is 157. The van der Waals surface area contributed by atoms with Crippen LogP contribution in [-0.4, -0.2) is 45.9 Å². The highest BCUT2D eigenvalue weighted by atomic mass is 16.3. The molecule has 3 heteroatoms. The smallest absolute Gasteiger partial charge is 0.100 e. The zero-order chi connectivity index (χ0) is 9.35. The number of nitrogens with zero attached hydrogens (tertiary/aromatic N) is 1. The summed E-state index contributed by atoms with van der Waals surface area (Å²) < 4.78 is 0. The lowest BCUT2D eigenvalue weighted by Crippen LogP contribution is -2.56. The molecule has 0 spiro atoms. The Morgan fingerprint density at radius 3 is 2.50 bits per heavy atom. The molecule has 1 aliphatic heterocycles. The predicted molar refractivity (Wildman–Crippen MR) is 48.0 cm³/mol. The Balaban J connectivity index is 2.57. The van der Waals surface area contributed by atoms with Crippen molar-refractivity contribution in [2.75, 3.05) is 13.1 Å². The fraction of sp³-hybridized carbons (Fsp3) is 1.00. The number of piperidine rings is 1. The Morgan fingerprint density at radius 2 is 2.08 bits per heavy atom.